The second-order valence-corrected chi connectivity index (χ2v) is 4.41. The van der Waals surface area contributed by atoms with Crippen molar-refractivity contribution in [3.8, 4) is 0 Å². The summed E-state index contributed by atoms with van der Waals surface area (Å²) in [5.41, 5.74) is 2.11. The third-order valence-electron chi connectivity index (χ3n) is 3.14. The Morgan fingerprint density at radius 2 is 1.81 bits per heavy atom. The normalized spacial score (nSPS) is 15.4. The summed E-state index contributed by atoms with van der Waals surface area (Å²) in [6.45, 7) is 4.35. The minimum atomic E-state index is 0.260. The van der Waals surface area contributed by atoms with Crippen LogP contribution in [-0.2, 0) is 0 Å². The van der Waals surface area contributed by atoms with Gasteiger partial charge in [-0.15, -0.1) is 0 Å². The molecular weight excluding hydrogens is 198 g/mol. The van der Waals surface area contributed by atoms with Crippen LogP contribution < -0.4 is 4.90 Å². The van der Waals surface area contributed by atoms with Gasteiger partial charge in [-0.25, -0.2) is 0 Å². The standard InChI is InChI=1S/C14H19NO/c1-2-5-14(16)12-6-8-13(9-7-12)15-10-3-4-11-15/h6-9H,2-5,10-11H2,1H3. The second-order valence-electron chi connectivity index (χ2n) is 4.41. The van der Waals surface area contributed by atoms with Gasteiger partial charge in [0.05, 0.1) is 0 Å². The van der Waals surface area contributed by atoms with Crippen LogP contribution in [0.15, 0.2) is 24.3 Å². The Hall–Kier alpha value is -1.31. The molecule has 1 aliphatic heterocycles. The van der Waals surface area contributed by atoms with E-state index in [2.05, 4.69) is 17.0 Å². The van der Waals surface area contributed by atoms with Crippen LogP contribution in [0.1, 0.15) is 43.0 Å². The van der Waals surface area contributed by atoms with Crippen LogP contribution in [0.4, 0.5) is 5.69 Å². The lowest BCUT2D eigenvalue weighted by molar-refractivity contribution is 0.0982. The third-order valence-corrected chi connectivity index (χ3v) is 3.14. The van der Waals surface area contributed by atoms with E-state index in [-0.39, 0.29) is 5.78 Å². The Morgan fingerprint density at radius 1 is 1.19 bits per heavy atom. The maximum absolute atomic E-state index is 11.7. The first-order valence-electron chi connectivity index (χ1n) is 6.19. The fourth-order valence-corrected chi connectivity index (χ4v) is 2.20. The molecule has 0 atom stereocenters. The number of hydrogen-bond acceptors (Lipinski definition) is 2. The highest BCUT2D eigenvalue weighted by Crippen LogP contribution is 2.20. The van der Waals surface area contributed by atoms with E-state index in [0.29, 0.717) is 6.42 Å². The maximum Gasteiger partial charge on any atom is 0.162 e. The molecule has 0 aliphatic carbocycles. The minimum absolute atomic E-state index is 0.260. The molecule has 2 nitrogen and oxygen atoms in total. The lowest BCUT2D eigenvalue weighted by Crippen LogP contribution is -2.17. The van der Waals surface area contributed by atoms with Gasteiger partial charge in [0.15, 0.2) is 5.78 Å². The average Bonchev–Trinajstić information content (AvgIpc) is 2.83. The Bertz CT molecular complexity index is 350. The molecule has 0 radical (unpaired) electrons. The van der Waals surface area contributed by atoms with Crippen LogP contribution >= 0.6 is 0 Å². The van der Waals surface area contributed by atoms with E-state index in [9.17, 15) is 4.79 Å². The first-order valence-corrected chi connectivity index (χ1v) is 6.19. The molecule has 0 bridgehead atoms. The molecule has 1 aromatic rings. The molecule has 1 fully saturated rings. The van der Waals surface area contributed by atoms with Crippen molar-refractivity contribution in [1.82, 2.24) is 0 Å². The molecule has 1 saturated heterocycles. The quantitative estimate of drug-likeness (QED) is 0.721. The number of nitrogens with zero attached hydrogens (tertiary/aromatic N) is 1. The molecule has 1 aliphatic rings. The minimum Gasteiger partial charge on any atom is -0.372 e. The molecule has 0 amide bonds. The predicted octanol–water partition coefficient (Wildman–Crippen LogP) is 3.27. The zero-order chi connectivity index (χ0) is 11.4. The Kier molecular flexibility index (Phi) is 3.60. The van der Waals surface area contributed by atoms with Gasteiger partial charge in [-0.3, -0.25) is 4.79 Å². The molecule has 0 unspecified atom stereocenters. The molecule has 16 heavy (non-hydrogen) atoms. The highest BCUT2D eigenvalue weighted by atomic mass is 16.1. The van der Waals surface area contributed by atoms with Crippen molar-refractivity contribution in [3.05, 3.63) is 29.8 Å². The SMILES string of the molecule is CCCC(=O)c1ccc(N2CCCC2)cc1. The molecular formula is C14H19NO. The van der Waals surface area contributed by atoms with E-state index in [1.54, 1.807) is 0 Å². The zero-order valence-corrected chi connectivity index (χ0v) is 9.91. The number of hydrogen-bond donors (Lipinski definition) is 0. The van der Waals surface area contributed by atoms with Crippen LogP contribution in [0, 0.1) is 0 Å². The monoisotopic (exact) mass is 217 g/mol. The molecule has 0 spiro atoms. The number of anilines is 1. The predicted molar refractivity (Wildman–Crippen MR) is 67.1 cm³/mol. The summed E-state index contributed by atoms with van der Waals surface area (Å²) in [7, 11) is 0. The highest BCUT2D eigenvalue weighted by molar-refractivity contribution is 5.96. The smallest absolute Gasteiger partial charge is 0.162 e. The van der Waals surface area contributed by atoms with E-state index in [4.69, 9.17) is 0 Å². The molecule has 0 N–H and O–H groups in total. The zero-order valence-electron chi connectivity index (χ0n) is 9.91. The average molecular weight is 217 g/mol. The van der Waals surface area contributed by atoms with Crippen LogP contribution in [0.3, 0.4) is 0 Å². The lowest BCUT2D eigenvalue weighted by atomic mass is 10.1. The van der Waals surface area contributed by atoms with Gasteiger partial charge in [0.2, 0.25) is 0 Å². The third kappa shape index (κ3) is 2.43. The first-order chi connectivity index (χ1) is 7.81. The fourth-order valence-electron chi connectivity index (χ4n) is 2.20. The number of rotatable bonds is 4. The van der Waals surface area contributed by atoms with Gasteiger partial charge >= 0.3 is 0 Å². The summed E-state index contributed by atoms with van der Waals surface area (Å²) in [5, 5.41) is 0. The number of benzene rings is 1. The van der Waals surface area contributed by atoms with E-state index < -0.39 is 0 Å². The van der Waals surface area contributed by atoms with Crippen molar-refractivity contribution in [2.24, 2.45) is 0 Å². The van der Waals surface area contributed by atoms with Gasteiger partial charge in [0, 0.05) is 30.8 Å². The molecule has 1 heterocycles. The molecule has 1 aromatic carbocycles. The summed E-state index contributed by atoms with van der Waals surface area (Å²) < 4.78 is 0. The van der Waals surface area contributed by atoms with Crippen LogP contribution in [0.5, 0.6) is 0 Å². The molecule has 2 rings (SSSR count). The van der Waals surface area contributed by atoms with E-state index >= 15 is 0 Å². The molecule has 86 valence electrons. The summed E-state index contributed by atoms with van der Waals surface area (Å²) in [6.07, 6.45) is 4.16. The van der Waals surface area contributed by atoms with E-state index in [1.807, 2.05) is 19.1 Å². The van der Waals surface area contributed by atoms with Crippen molar-refractivity contribution < 1.29 is 4.79 Å². The second kappa shape index (κ2) is 5.15. The van der Waals surface area contributed by atoms with E-state index in [0.717, 1.165) is 25.1 Å². The van der Waals surface area contributed by atoms with Gasteiger partial charge < -0.3 is 4.90 Å². The molecule has 2 heteroatoms. The van der Waals surface area contributed by atoms with Gasteiger partial charge in [0.1, 0.15) is 0 Å². The Labute approximate surface area is 97.3 Å². The summed E-state index contributed by atoms with van der Waals surface area (Å²) >= 11 is 0. The van der Waals surface area contributed by atoms with Gasteiger partial charge in [-0.1, -0.05) is 6.92 Å². The van der Waals surface area contributed by atoms with Crippen molar-refractivity contribution >= 4 is 11.5 Å². The summed E-state index contributed by atoms with van der Waals surface area (Å²) in [5.74, 6) is 0.260. The maximum atomic E-state index is 11.7. The van der Waals surface area contributed by atoms with Crippen molar-refractivity contribution in [3.63, 3.8) is 0 Å². The summed E-state index contributed by atoms with van der Waals surface area (Å²) in [6, 6.07) is 8.08. The van der Waals surface area contributed by atoms with Crippen molar-refractivity contribution in [2.75, 3.05) is 18.0 Å². The largest absolute Gasteiger partial charge is 0.372 e. The topological polar surface area (TPSA) is 20.3 Å². The van der Waals surface area contributed by atoms with Crippen LogP contribution in [0.25, 0.3) is 0 Å². The highest BCUT2D eigenvalue weighted by Gasteiger charge is 2.12. The summed E-state index contributed by atoms with van der Waals surface area (Å²) in [4.78, 5) is 14.0. The number of carbonyl (C=O) groups excluding carboxylic acids is 1. The lowest BCUT2D eigenvalue weighted by Gasteiger charge is -2.17. The van der Waals surface area contributed by atoms with Crippen LogP contribution in [0.2, 0.25) is 0 Å². The Morgan fingerprint density at radius 3 is 2.38 bits per heavy atom. The van der Waals surface area contributed by atoms with Crippen molar-refractivity contribution in [1.29, 1.82) is 0 Å². The van der Waals surface area contributed by atoms with Gasteiger partial charge in [-0.2, -0.15) is 0 Å². The van der Waals surface area contributed by atoms with Gasteiger partial charge in [0.25, 0.3) is 0 Å². The number of Topliss-reactive ketones (excluding diaryl/α,β-unsaturated/α-hetero) is 1. The van der Waals surface area contributed by atoms with Gasteiger partial charge in [-0.05, 0) is 43.5 Å². The van der Waals surface area contributed by atoms with E-state index in [1.165, 1.54) is 18.5 Å². The molecule has 0 aromatic heterocycles. The van der Waals surface area contributed by atoms with Crippen molar-refractivity contribution in [2.45, 2.75) is 32.6 Å². The first kappa shape index (κ1) is 11.2. The number of ketones is 1. The molecule has 0 saturated carbocycles. The Balaban J connectivity index is 2.06. The van der Waals surface area contributed by atoms with Crippen LogP contribution in [-0.4, -0.2) is 18.9 Å². The number of carbonyl (C=O) groups is 1. The fraction of sp³-hybridized carbons (Fsp3) is 0.500.